The summed E-state index contributed by atoms with van der Waals surface area (Å²) in [5.41, 5.74) is 5.25. The zero-order valence-corrected chi connectivity index (χ0v) is 16.3. The van der Waals surface area contributed by atoms with Gasteiger partial charge < -0.3 is 9.13 Å². The first-order chi connectivity index (χ1) is 12.8. The molecule has 0 saturated carbocycles. The topological polar surface area (TPSA) is 73.1 Å². The Hall–Kier alpha value is -2.80. The second kappa shape index (κ2) is 6.13. The standard InChI is InChI=1S/C20H21N3O3S/c1-13-4-7-16(8-5-13)27(25,26)21-20(24)19-14(2)12-18-17-9-6-15(3)22(17)10-11-23(18)19/h4-9,12H,10-11H2,1-3H3,(H,21,24). The first-order valence-corrected chi connectivity index (χ1v) is 10.3. The molecule has 0 saturated heterocycles. The Morgan fingerprint density at radius 2 is 1.59 bits per heavy atom. The molecule has 4 rings (SSSR count). The molecule has 0 fully saturated rings. The highest BCUT2D eigenvalue weighted by Crippen LogP contribution is 2.31. The number of carbonyl (C=O) groups excluding carboxylic acids is 1. The fourth-order valence-electron chi connectivity index (χ4n) is 3.67. The Bertz CT molecular complexity index is 1150. The minimum absolute atomic E-state index is 0.0778. The Morgan fingerprint density at radius 1 is 0.926 bits per heavy atom. The summed E-state index contributed by atoms with van der Waals surface area (Å²) in [6.45, 7) is 7.14. The summed E-state index contributed by atoms with van der Waals surface area (Å²) in [5, 5.41) is 0. The summed E-state index contributed by atoms with van der Waals surface area (Å²) < 4.78 is 31.5. The number of carbonyl (C=O) groups is 1. The molecular formula is C20H21N3O3S. The summed E-state index contributed by atoms with van der Waals surface area (Å²) in [6.07, 6.45) is 0. The molecule has 3 aromatic rings. The van der Waals surface area contributed by atoms with Crippen molar-refractivity contribution in [2.75, 3.05) is 0 Å². The maximum atomic E-state index is 12.9. The lowest BCUT2D eigenvalue weighted by atomic mass is 10.2. The van der Waals surface area contributed by atoms with Crippen molar-refractivity contribution < 1.29 is 13.2 Å². The molecule has 7 heteroatoms. The lowest BCUT2D eigenvalue weighted by molar-refractivity contribution is 0.0971. The summed E-state index contributed by atoms with van der Waals surface area (Å²) in [6, 6.07) is 12.4. The van der Waals surface area contributed by atoms with Crippen molar-refractivity contribution in [1.29, 1.82) is 0 Å². The van der Waals surface area contributed by atoms with Gasteiger partial charge in [-0.1, -0.05) is 17.7 Å². The molecule has 6 nitrogen and oxygen atoms in total. The van der Waals surface area contributed by atoms with Gasteiger partial charge in [0.15, 0.2) is 0 Å². The fourth-order valence-corrected chi connectivity index (χ4v) is 4.62. The third-order valence-electron chi connectivity index (χ3n) is 5.07. The number of rotatable bonds is 3. The van der Waals surface area contributed by atoms with Gasteiger partial charge in [0.1, 0.15) is 5.69 Å². The lowest BCUT2D eigenvalue weighted by Gasteiger charge is -2.22. The predicted octanol–water partition coefficient (Wildman–Crippen LogP) is 3.01. The van der Waals surface area contributed by atoms with E-state index in [0.717, 1.165) is 29.1 Å². The number of fused-ring (bicyclic) bond motifs is 3. The average Bonchev–Trinajstić information content (AvgIpc) is 3.14. The first-order valence-electron chi connectivity index (χ1n) is 8.78. The minimum Gasteiger partial charge on any atom is -0.342 e. The van der Waals surface area contributed by atoms with Crippen LogP contribution in [0.2, 0.25) is 0 Å². The second-order valence-corrected chi connectivity index (χ2v) is 8.65. The van der Waals surface area contributed by atoms with Gasteiger partial charge in [-0.25, -0.2) is 13.1 Å². The van der Waals surface area contributed by atoms with Crippen LogP contribution in [0.5, 0.6) is 0 Å². The normalized spacial score (nSPS) is 13.1. The van der Waals surface area contributed by atoms with E-state index in [1.54, 1.807) is 12.1 Å². The summed E-state index contributed by atoms with van der Waals surface area (Å²) in [7, 11) is -3.92. The van der Waals surface area contributed by atoms with Crippen LogP contribution in [-0.2, 0) is 23.1 Å². The lowest BCUT2D eigenvalue weighted by Crippen LogP contribution is -2.33. The Labute approximate surface area is 158 Å². The van der Waals surface area contributed by atoms with E-state index in [4.69, 9.17) is 0 Å². The van der Waals surface area contributed by atoms with Crippen LogP contribution in [0.3, 0.4) is 0 Å². The third kappa shape index (κ3) is 2.88. The van der Waals surface area contributed by atoms with Crippen LogP contribution in [-0.4, -0.2) is 23.5 Å². The van der Waals surface area contributed by atoms with Crippen LogP contribution < -0.4 is 4.72 Å². The number of nitrogens with zero attached hydrogens (tertiary/aromatic N) is 2. The van der Waals surface area contributed by atoms with Crippen molar-refractivity contribution in [2.24, 2.45) is 0 Å². The van der Waals surface area contributed by atoms with E-state index in [0.29, 0.717) is 12.2 Å². The number of sulfonamides is 1. The zero-order chi connectivity index (χ0) is 19.3. The molecule has 0 bridgehead atoms. The van der Waals surface area contributed by atoms with Gasteiger partial charge in [-0.3, -0.25) is 4.79 Å². The van der Waals surface area contributed by atoms with Gasteiger partial charge >= 0.3 is 0 Å². The fraction of sp³-hybridized carbons (Fsp3) is 0.250. The van der Waals surface area contributed by atoms with Gasteiger partial charge in [0.2, 0.25) is 0 Å². The van der Waals surface area contributed by atoms with Crippen molar-refractivity contribution >= 4 is 15.9 Å². The van der Waals surface area contributed by atoms with Crippen molar-refractivity contribution in [2.45, 2.75) is 38.8 Å². The van der Waals surface area contributed by atoms with E-state index in [1.165, 1.54) is 17.8 Å². The van der Waals surface area contributed by atoms with Crippen LogP contribution in [0, 0.1) is 20.8 Å². The van der Waals surface area contributed by atoms with Crippen molar-refractivity contribution in [1.82, 2.24) is 13.9 Å². The third-order valence-corrected chi connectivity index (χ3v) is 6.42. The number of hydrogen-bond donors (Lipinski definition) is 1. The quantitative estimate of drug-likeness (QED) is 0.756. The van der Waals surface area contributed by atoms with Gasteiger partial charge in [-0.2, -0.15) is 0 Å². The minimum atomic E-state index is -3.92. The monoisotopic (exact) mass is 383 g/mol. The van der Waals surface area contributed by atoms with Crippen molar-refractivity contribution in [3.63, 3.8) is 0 Å². The highest BCUT2D eigenvalue weighted by molar-refractivity contribution is 7.90. The number of aromatic nitrogens is 2. The molecule has 0 atom stereocenters. The molecule has 0 spiro atoms. The Morgan fingerprint density at radius 3 is 2.30 bits per heavy atom. The average molecular weight is 383 g/mol. The molecule has 1 aliphatic heterocycles. The van der Waals surface area contributed by atoms with E-state index in [-0.39, 0.29) is 4.90 Å². The zero-order valence-electron chi connectivity index (χ0n) is 15.5. The molecular weight excluding hydrogens is 362 g/mol. The van der Waals surface area contributed by atoms with Gasteiger partial charge in [0.05, 0.1) is 16.3 Å². The van der Waals surface area contributed by atoms with E-state index in [1.807, 2.05) is 30.5 Å². The van der Waals surface area contributed by atoms with Crippen LogP contribution in [0.1, 0.15) is 27.3 Å². The summed E-state index contributed by atoms with van der Waals surface area (Å²) >= 11 is 0. The van der Waals surface area contributed by atoms with Crippen LogP contribution >= 0.6 is 0 Å². The van der Waals surface area contributed by atoms with E-state index in [2.05, 4.69) is 22.3 Å². The molecule has 0 unspecified atom stereocenters. The first kappa shape index (κ1) is 17.6. The highest BCUT2D eigenvalue weighted by atomic mass is 32.2. The second-order valence-electron chi connectivity index (χ2n) is 6.97. The molecule has 2 aromatic heterocycles. The Kier molecular flexibility index (Phi) is 3.99. The maximum Gasteiger partial charge on any atom is 0.281 e. The van der Waals surface area contributed by atoms with E-state index >= 15 is 0 Å². The summed E-state index contributed by atoms with van der Waals surface area (Å²) in [5.74, 6) is -0.601. The van der Waals surface area contributed by atoms with Crippen LogP contribution in [0.25, 0.3) is 11.4 Å². The van der Waals surface area contributed by atoms with Gasteiger partial charge in [-0.05, 0) is 56.7 Å². The van der Waals surface area contributed by atoms with Crippen molar-refractivity contribution in [3.8, 4) is 11.4 Å². The highest BCUT2D eigenvalue weighted by Gasteiger charge is 2.27. The molecule has 1 aromatic carbocycles. The Balaban J connectivity index is 1.70. The molecule has 27 heavy (non-hydrogen) atoms. The molecule has 1 amide bonds. The molecule has 1 aliphatic rings. The van der Waals surface area contributed by atoms with Crippen LogP contribution in [0.15, 0.2) is 47.4 Å². The van der Waals surface area contributed by atoms with Crippen LogP contribution in [0.4, 0.5) is 0 Å². The predicted molar refractivity (Wildman–Crippen MR) is 103 cm³/mol. The molecule has 0 aliphatic carbocycles. The number of amides is 1. The molecule has 3 heterocycles. The summed E-state index contributed by atoms with van der Waals surface area (Å²) in [4.78, 5) is 12.9. The molecule has 140 valence electrons. The number of benzene rings is 1. The van der Waals surface area contributed by atoms with E-state index < -0.39 is 15.9 Å². The van der Waals surface area contributed by atoms with E-state index in [9.17, 15) is 13.2 Å². The molecule has 0 radical (unpaired) electrons. The SMILES string of the molecule is Cc1ccc(S(=O)(=O)NC(=O)c2c(C)cc3n2CCn2c(C)ccc2-3)cc1. The maximum absolute atomic E-state index is 12.9. The number of nitrogens with one attached hydrogen (secondary N) is 1. The largest absolute Gasteiger partial charge is 0.342 e. The van der Waals surface area contributed by atoms with Crippen molar-refractivity contribution in [3.05, 3.63) is 65.0 Å². The van der Waals surface area contributed by atoms with Gasteiger partial charge in [0, 0.05) is 18.8 Å². The molecule has 1 N–H and O–H groups in total. The number of hydrogen-bond acceptors (Lipinski definition) is 3. The smallest absolute Gasteiger partial charge is 0.281 e. The number of aryl methyl sites for hydroxylation is 3. The van der Waals surface area contributed by atoms with Gasteiger partial charge in [-0.15, -0.1) is 0 Å². The van der Waals surface area contributed by atoms with Gasteiger partial charge in [0.25, 0.3) is 15.9 Å².